The van der Waals surface area contributed by atoms with Crippen molar-refractivity contribution in [3.63, 3.8) is 0 Å². The summed E-state index contributed by atoms with van der Waals surface area (Å²) < 4.78 is 16.5. The Labute approximate surface area is 114 Å². The number of hydrogen-bond donors (Lipinski definition) is 1. The fourth-order valence-corrected chi connectivity index (χ4v) is 2.25. The van der Waals surface area contributed by atoms with E-state index < -0.39 is 0 Å². The molecule has 0 unspecified atom stereocenters. The quantitative estimate of drug-likeness (QED) is 0.941. The van der Waals surface area contributed by atoms with Crippen LogP contribution >= 0.6 is 15.9 Å². The molecule has 0 atom stereocenters. The number of benzene rings is 1. The highest BCUT2D eigenvalue weighted by Crippen LogP contribution is 2.28. The zero-order chi connectivity index (χ0) is 13.1. The van der Waals surface area contributed by atoms with Crippen LogP contribution in [0.3, 0.4) is 0 Å². The molecule has 3 nitrogen and oxygen atoms in total. The fraction of sp³-hybridized carbons (Fsp3) is 0.308. The van der Waals surface area contributed by atoms with Gasteiger partial charge in [0.15, 0.2) is 0 Å². The molecule has 5 heteroatoms. The van der Waals surface area contributed by atoms with Gasteiger partial charge in [-0.25, -0.2) is 4.39 Å². The lowest BCUT2D eigenvalue weighted by Gasteiger charge is -2.04. The van der Waals surface area contributed by atoms with Crippen molar-refractivity contribution in [3.8, 4) is 11.1 Å². The average molecular weight is 312 g/mol. The first-order valence-corrected chi connectivity index (χ1v) is 6.53. The Morgan fingerprint density at radius 2 is 2.17 bits per heavy atom. The van der Waals surface area contributed by atoms with Crippen LogP contribution in [0.4, 0.5) is 4.39 Å². The molecule has 0 aliphatic heterocycles. The van der Waals surface area contributed by atoms with Crippen LogP contribution in [0.25, 0.3) is 11.1 Å². The van der Waals surface area contributed by atoms with Gasteiger partial charge in [0, 0.05) is 41.8 Å². The summed E-state index contributed by atoms with van der Waals surface area (Å²) in [6.45, 7) is 0.819. The van der Waals surface area contributed by atoms with E-state index in [9.17, 15) is 4.39 Å². The number of hydrogen-bond acceptors (Lipinski definition) is 2. The van der Waals surface area contributed by atoms with E-state index in [2.05, 4.69) is 26.3 Å². The topological polar surface area (TPSA) is 29.9 Å². The van der Waals surface area contributed by atoms with Crippen molar-refractivity contribution < 1.29 is 4.39 Å². The minimum Gasteiger partial charge on any atom is -0.319 e. The van der Waals surface area contributed by atoms with Crippen LogP contribution in [0.15, 0.2) is 28.9 Å². The lowest BCUT2D eigenvalue weighted by atomic mass is 10.0. The van der Waals surface area contributed by atoms with Gasteiger partial charge in [0.25, 0.3) is 0 Å². The first-order chi connectivity index (χ1) is 8.61. The molecular weight excluding hydrogens is 297 g/mol. The van der Waals surface area contributed by atoms with Crippen molar-refractivity contribution in [2.75, 3.05) is 13.6 Å². The van der Waals surface area contributed by atoms with Crippen LogP contribution in [0.5, 0.6) is 0 Å². The number of nitrogens with zero attached hydrogens (tertiary/aromatic N) is 2. The molecule has 1 heterocycles. The van der Waals surface area contributed by atoms with Gasteiger partial charge in [0.2, 0.25) is 0 Å². The van der Waals surface area contributed by atoms with E-state index in [0.717, 1.165) is 28.7 Å². The molecule has 0 radical (unpaired) electrons. The summed E-state index contributed by atoms with van der Waals surface area (Å²) in [6.07, 6.45) is 2.63. The average Bonchev–Trinajstić information content (AvgIpc) is 2.71. The Hall–Kier alpha value is -1.20. The van der Waals surface area contributed by atoms with Gasteiger partial charge < -0.3 is 5.32 Å². The Morgan fingerprint density at radius 1 is 1.39 bits per heavy atom. The van der Waals surface area contributed by atoms with E-state index in [1.807, 2.05) is 20.3 Å². The SMILES string of the molecule is CNCCc1nn(C)cc1-c1cc(Br)ccc1F. The van der Waals surface area contributed by atoms with Gasteiger partial charge in [-0.2, -0.15) is 5.10 Å². The van der Waals surface area contributed by atoms with E-state index in [1.165, 1.54) is 6.07 Å². The highest BCUT2D eigenvalue weighted by atomic mass is 79.9. The Kier molecular flexibility index (Phi) is 4.14. The number of aromatic nitrogens is 2. The van der Waals surface area contributed by atoms with E-state index in [0.29, 0.717) is 5.56 Å². The summed E-state index contributed by atoms with van der Waals surface area (Å²) in [7, 11) is 3.74. The molecule has 18 heavy (non-hydrogen) atoms. The molecule has 0 amide bonds. The van der Waals surface area contributed by atoms with Crippen LogP contribution in [0.2, 0.25) is 0 Å². The smallest absolute Gasteiger partial charge is 0.131 e. The van der Waals surface area contributed by atoms with E-state index in [-0.39, 0.29) is 5.82 Å². The molecule has 0 bridgehead atoms. The van der Waals surface area contributed by atoms with Gasteiger partial charge in [-0.05, 0) is 25.2 Å². The summed E-state index contributed by atoms with van der Waals surface area (Å²) >= 11 is 3.37. The zero-order valence-corrected chi connectivity index (χ0v) is 12.0. The molecule has 1 N–H and O–H groups in total. The van der Waals surface area contributed by atoms with Gasteiger partial charge >= 0.3 is 0 Å². The largest absolute Gasteiger partial charge is 0.319 e. The third-order valence-corrected chi connectivity index (χ3v) is 3.23. The van der Waals surface area contributed by atoms with Crippen LogP contribution in [-0.2, 0) is 13.5 Å². The van der Waals surface area contributed by atoms with Gasteiger partial charge in [-0.1, -0.05) is 15.9 Å². The van der Waals surface area contributed by atoms with Gasteiger partial charge in [0.1, 0.15) is 5.82 Å². The predicted octanol–water partition coefficient (Wildman–Crippen LogP) is 2.75. The maximum absolute atomic E-state index is 13.9. The van der Waals surface area contributed by atoms with Gasteiger partial charge in [-0.3, -0.25) is 4.68 Å². The number of halogens is 2. The molecule has 0 saturated carbocycles. The monoisotopic (exact) mass is 311 g/mol. The highest BCUT2D eigenvalue weighted by Gasteiger charge is 2.13. The number of aryl methyl sites for hydroxylation is 1. The van der Waals surface area contributed by atoms with Crippen molar-refractivity contribution in [2.45, 2.75) is 6.42 Å². The van der Waals surface area contributed by atoms with Crippen molar-refractivity contribution in [1.82, 2.24) is 15.1 Å². The Bertz CT molecular complexity index is 551. The molecule has 0 fully saturated rings. The van der Waals surface area contributed by atoms with E-state index >= 15 is 0 Å². The van der Waals surface area contributed by atoms with Crippen LogP contribution in [0, 0.1) is 5.82 Å². The molecule has 2 aromatic rings. The molecule has 0 aliphatic rings. The van der Waals surface area contributed by atoms with Crippen molar-refractivity contribution in [3.05, 3.63) is 40.4 Å². The molecule has 0 saturated heterocycles. The number of nitrogens with one attached hydrogen (secondary N) is 1. The standard InChI is InChI=1S/C13H15BrFN3/c1-16-6-5-13-11(8-18(2)17-13)10-7-9(14)3-4-12(10)15/h3-4,7-8,16H,5-6H2,1-2H3. The minimum atomic E-state index is -0.225. The molecule has 1 aromatic carbocycles. The summed E-state index contributed by atoms with van der Waals surface area (Å²) in [6, 6.07) is 4.95. The second-order valence-corrected chi connectivity index (χ2v) is 5.06. The van der Waals surface area contributed by atoms with Crippen LogP contribution in [0.1, 0.15) is 5.69 Å². The lowest BCUT2D eigenvalue weighted by molar-refractivity contribution is 0.630. The predicted molar refractivity (Wildman–Crippen MR) is 73.9 cm³/mol. The third kappa shape index (κ3) is 2.79. The lowest BCUT2D eigenvalue weighted by Crippen LogP contribution is -2.11. The summed E-state index contributed by atoms with van der Waals surface area (Å²) in [5.41, 5.74) is 2.35. The van der Waals surface area contributed by atoms with Gasteiger partial charge in [0.05, 0.1) is 5.69 Å². The number of rotatable bonds is 4. The summed E-state index contributed by atoms with van der Waals surface area (Å²) in [5.74, 6) is -0.225. The third-order valence-electron chi connectivity index (χ3n) is 2.74. The van der Waals surface area contributed by atoms with E-state index in [4.69, 9.17) is 0 Å². The molecule has 96 valence electrons. The zero-order valence-electron chi connectivity index (χ0n) is 10.4. The molecule has 1 aromatic heterocycles. The maximum atomic E-state index is 13.9. The summed E-state index contributed by atoms with van der Waals surface area (Å²) in [5, 5.41) is 7.47. The molecule has 0 aliphatic carbocycles. The minimum absolute atomic E-state index is 0.225. The first-order valence-electron chi connectivity index (χ1n) is 5.74. The Morgan fingerprint density at radius 3 is 2.89 bits per heavy atom. The van der Waals surface area contributed by atoms with Crippen LogP contribution in [-0.4, -0.2) is 23.4 Å². The van der Waals surface area contributed by atoms with Crippen molar-refractivity contribution in [1.29, 1.82) is 0 Å². The second-order valence-electron chi connectivity index (χ2n) is 4.14. The van der Waals surface area contributed by atoms with Crippen LogP contribution < -0.4 is 5.32 Å². The molecular formula is C13H15BrFN3. The Balaban J connectivity index is 2.45. The maximum Gasteiger partial charge on any atom is 0.131 e. The molecule has 0 spiro atoms. The van der Waals surface area contributed by atoms with Crippen molar-refractivity contribution >= 4 is 15.9 Å². The second kappa shape index (κ2) is 5.63. The first kappa shape index (κ1) is 13.2. The number of likely N-dealkylation sites (N-methyl/N-ethyl adjacent to an activating group) is 1. The summed E-state index contributed by atoms with van der Waals surface area (Å²) in [4.78, 5) is 0. The highest BCUT2D eigenvalue weighted by molar-refractivity contribution is 9.10. The fourth-order valence-electron chi connectivity index (χ4n) is 1.89. The molecule has 2 rings (SSSR count). The van der Waals surface area contributed by atoms with E-state index in [1.54, 1.807) is 16.8 Å². The van der Waals surface area contributed by atoms with Crippen molar-refractivity contribution in [2.24, 2.45) is 7.05 Å². The normalized spacial score (nSPS) is 10.9. The van der Waals surface area contributed by atoms with Gasteiger partial charge in [-0.15, -0.1) is 0 Å².